The fourth-order valence-electron chi connectivity index (χ4n) is 2.86. The first kappa shape index (κ1) is 13.1. The molecule has 0 saturated carbocycles. The molecule has 1 saturated heterocycles. The fourth-order valence-corrected chi connectivity index (χ4v) is 2.86. The van der Waals surface area contributed by atoms with Gasteiger partial charge in [-0.25, -0.2) is 4.98 Å². The van der Waals surface area contributed by atoms with Gasteiger partial charge in [0.05, 0.1) is 12.6 Å². The zero-order valence-corrected chi connectivity index (χ0v) is 11.4. The van der Waals surface area contributed by atoms with E-state index in [0.29, 0.717) is 12.2 Å². The van der Waals surface area contributed by atoms with Crippen molar-refractivity contribution in [1.82, 2.24) is 14.9 Å². The maximum atomic E-state index is 12.6. The predicted octanol–water partition coefficient (Wildman–Crippen LogP) is 1.94. The summed E-state index contributed by atoms with van der Waals surface area (Å²) in [6.45, 7) is 0.747. The van der Waals surface area contributed by atoms with E-state index >= 15 is 0 Å². The number of hydrogen-bond acceptors (Lipinski definition) is 3. The van der Waals surface area contributed by atoms with Crippen LogP contribution in [0, 0.1) is 0 Å². The lowest BCUT2D eigenvalue weighted by atomic mass is 10.1. The van der Waals surface area contributed by atoms with E-state index in [2.05, 4.69) is 9.97 Å². The van der Waals surface area contributed by atoms with Gasteiger partial charge >= 0.3 is 0 Å². The van der Waals surface area contributed by atoms with Crippen LogP contribution in [-0.2, 0) is 0 Å². The molecular formula is C15H19N3O2. The summed E-state index contributed by atoms with van der Waals surface area (Å²) in [7, 11) is 0. The van der Waals surface area contributed by atoms with Crippen LogP contribution in [-0.4, -0.2) is 45.1 Å². The summed E-state index contributed by atoms with van der Waals surface area (Å²) in [4.78, 5) is 21.7. The SMILES string of the molecule is O=C(c1cc2cccnc2[nH]1)N1CCCCCC1CO. The number of nitrogens with one attached hydrogen (secondary N) is 1. The second-order valence-corrected chi connectivity index (χ2v) is 5.31. The van der Waals surface area contributed by atoms with Crippen molar-refractivity contribution >= 4 is 16.9 Å². The zero-order valence-electron chi connectivity index (χ0n) is 11.4. The number of H-pyrrole nitrogens is 1. The summed E-state index contributed by atoms with van der Waals surface area (Å²) >= 11 is 0. The lowest BCUT2D eigenvalue weighted by molar-refractivity contribution is 0.0595. The van der Waals surface area contributed by atoms with Crippen LogP contribution in [0.5, 0.6) is 0 Å². The number of rotatable bonds is 2. The number of fused-ring (bicyclic) bond motifs is 1. The van der Waals surface area contributed by atoms with Gasteiger partial charge in [0.1, 0.15) is 11.3 Å². The standard InChI is InChI=1S/C15H19N3O2/c19-10-12-6-2-1-3-8-18(12)15(20)13-9-11-5-4-7-16-14(11)17-13/h4-5,7,9,12,19H,1-3,6,8,10H2,(H,16,17). The van der Waals surface area contributed by atoms with Crippen LogP contribution in [0.4, 0.5) is 0 Å². The van der Waals surface area contributed by atoms with Crippen molar-refractivity contribution in [3.05, 3.63) is 30.1 Å². The van der Waals surface area contributed by atoms with Crippen LogP contribution in [0.3, 0.4) is 0 Å². The van der Waals surface area contributed by atoms with Gasteiger partial charge in [-0.1, -0.05) is 12.8 Å². The summed E-state index contributed by atoms with van der Waals surface area (Å²) < 4.78 is 0. The molecule has 2 aromatic heterocycles. The van der Waals surface area contributed by atoms with Crippen LogP contribution in [0.25, 0.3) is 11.0 Å². The van der Waals surface area contributed by atoms with Gasteiger partial charge in [-0.3, -0.25) is 4.79 Å². The first-order chi connectivity index (χ1) is 9.79. The van der Waals surface area contributed by atoms with Crippen LogP contribution >= 0.6 is 0 Å². The molecule has 1 atom stereocenters. The largest absolute Gasteiger partial charge is 0.394 e. The van der Waals surface area contributed by atoms with E-state index in [9.17, 15) is 9.90 Å². The van der Waals surface area contributed by atoms with Crippen LogP contribution < -0.4 is 0 Å². The predicted molar refractivity (Wildman–Crippen MR) is 76.5 cm³/mol. The summed E-state index contributed by atoms with van der Waals surface area (Å²) in [6, 6.07) is 5.56. The molecule has 0 aromatic carbocycles. The number of aromatic nitrogens is 2. The van der Waals surface area contributed by atoms with Crippen molar-refractivity contribution < 1.29 is 9.90 Å². The molecule has 106 valence electrons. The highest BCUT2D eigenvalue weighted by Crippen LogP contribution is 2.20. The Kier molecular flexibility index (Phi) is 3.69. The first-order valence-electron chi connectivity index (χ1n) is 7.15. The highest BCUT2D eigenvalue weighted by atomic mass is 16.3. The number of likely N-dealkylation sites (tertiary alicyclic amines) is 1. The Hall–Kier alpha value is -1.88. The molecule has 2 aromatic rings. The molecule has 5 nitrogen and oxygen atoms in total. The normalized spacial score (nSPS) is 20.1. The van der Waals surface area contributed by atoms with E-state index < -0.39 is 0 Å². The Labute approximate surface area is 117 Å². The van der Waals surface area contributed by atoms with Crippen molar-refractivity contribution in [3.8, 4) is 0 Å². The summed E-state index contributed by atoms with van der Waals surface area (Å²) in [5.74, 6) is -0.0380. The lowest BCUT2D eigenvalue weighted by Crippen LogP contribution is -2.42. The Morgan fingerprint density at radius 2 is 2.35 bits per heavy atom. The van der Waals surface area contributed by atoms with Gasteiger partial charge in [-0.15, -0.1) is 0 Å². The zero-order chi connectivity index (χ0) is 13.9. The van der Waals surface area contributed by atoms with Crippen molar-refractivity contribution in [2.45, 2.75) is 31.7 Å². The molecule has 2 N–H and O–H groups in total. The minimum Gasteiger partial charge on any atom is -0.394 e. The van der Waals surface area contributed by atoms with Gasteiger partial charge in [0, 0.05) is 18.1 Å². The molecule has 1 unspecified atom stereocenters. The van der Waals surface area contributed by atoms with E-state index in [1.54, 1.807) is 11.1 Å². The number of aromatic amines is 1. The number of hydrogen-bond donors (Lipinski definition) is 2. The summed E-state index contributed by atoms with van der Waals surface area (Å²) in [5, 5.41) is 10.4. The van der Waals surface area contributed by atoms with Gasteiger partial charge in [0.25, 0.3) is 5.91 Å². The average molecular weight is 273 g/mol. The van der Waals surface area contributed by atoms with E-state index in [1.165, 1.54) is 0 Å². The number of carbonyl (C=O) groups excluding carboxylic acids is 1. The van der Waals surface area contributed by atoms with Crippen molar-refractivity contribution in [2.24, 2.45) is 0 Å². The minimum absolute atomic E-state index is 0.0320. The molecule has 1 aliphatic rings. The van der Waals surface area contributed by atoms with Gasteiger partial charge in [-0.2, -0.15) is 0 Å². The Morgan fingerprint density at radius 1 is 1.45 bits per heavy atom. The molecule has 1 amide bonds. The maximum Gasteiger partial charge on any atom is 0.270 e. The second-order valence-electron chi connectivity index (χ2n) is 5.31. The number of nitrogens with zero attached hydrogens (tertiary/aromatic N) is 2. The number of amides is 1. The molecule has 0 aliphatic carbocycles. The molecule has 1 fully saturated rings. The summed E-state index contributed by atoms with van der Waals surface area (Å²) in [5.41, 5.74) is 1.28. The van der Waals surface area contributed by atoms with Crippen molar-refractivity contribution in [3.63, 3.8) is 0 Å². The highest BCUT2D eigenvalue weighted by Gasteiger charge is 2.26. The highest BCUT2D eigenvalue weighted by molar-refractivity contribution is 5.97. The monoisotopic (exact) mass is 273 g/mol. The van der Waals surface area contributed by atoms with E-state index in [1.807, 2.05) is 18.2 Å². The maximum absolute atomic E-state index is 12.6. The van der Waals surface area contributed by atoms with Gasteiger partial charge in [0.15, 0.2) is 0 Å². The Balaban J connectivity index is 1.89. The molecule has 3 heterocycles. The third-order valence-corrected chi connectivity index (χ3v) is 3.97. The van der Waals surface area contributed by atoms with Crippen molar-refractivity contribution in [2.75, 3.05) is 13.2 Å². The lowest BCUT2D eigenvalue weighted by Gasteiger charge is -2.28. The topological polar surface area (TPSA) is 69.2 Å². The Morgan fingerprint density at radius 3 is 3.15 bits per heavy atom. The third-order valence-electron chi connectivity index (χ3n) is 3.97. The van der Waals surface area contributed by atoms with E-state index in [4.69, 9.17) is 0 Å². The van der Waals surface area contributed by atoms with E-state index in [-0.39, 0.29) is 18.6 Å². The van der Waals surface area contributed by atoms with Crippen LogP contribution in [0.15, 0.2) is 24.4 Å². The first-order valence-corrected chi connectivity index (χ1v) is 7.15. The van der Waals surface area contributed by atoms with Crippen LogP contribution in [0.1, 0.15) is 36.2 Å². The quantitative estimate of drug-likeness (QED) is 0.878. The third kappa shape index (κ3) is 2.41. The van der Waals surface area contributed by atoms with E-state index in [0.717, 1.165) is 36.7 Å². The number of carbonyl (C=O) groups is 1. The van der Waals surface area contributed by atoms with Gasteiger partial charge in [-0.05, 0) is 31.0 Å². The molecule has 5 heteroatoms. The average Bonchev–Trinajstić information content (AvgIpc) is 2.77. The fraction of sp³-hybridized carbons (Fsp3) is 0.467. The molecule has 0 bridgehead atoms. The second kappa shape index (κ2) is 5.63. The molecule has 3 rings (SSSR count). The molecule has 0 radical (unpaired) electrons. The van der Waals surface area contributed by atoms with Gasteiger partial charge in [0.2, 0.25) is 0 Å². The molecular weight excluding hydrogens is 254 g/mol. The number of pyridine rings is 1. The van der Waals surface area contributed by atoms with Crippen molar-refractivity contribution in [1.29, 1.82) is 0 Å². The summed E-state index contributed by atoms with van der Waals surface area (Å²) in [6.07, 6.45) is 5.77. The Bertz CT molecular complexity index is 575. The van der Waals surface area contributed by atoms with Gasteiger partial charge < -0.3 is 15.0 Å². The molecule has 20 heavy (non-hydrogen) atoms. The smallest absolute Gasteiger partial charge is 0.270 e. The molecule has 1 aliphatic heterocycles. The van der Waals surface area contributed by atoms with Crippen LogP contribution in [0.2, 0.25) is 0 Å². The molecule has 0 spiro atoms. The number of aliphatic hydroxyl groups excluding tert-OH is 1. The number of aliphatic hydroxyl groups is 1. The minimum atomic E-state index is -0.0654.